The molecule has 4 heterocycles. The van der Waals surface area contributed by atoms with Crippen molar-refractivity contribution in [2.24, 2.45) is 18.2 Å². The first kappa shape index (κ1) is 32.2. The van der Waals surface area contributed by atoms with Crippen LogP contribution in [0.3, 0.4) is 0 Å². The number of anilines is 1. The molecule has 2 aliphatic heterocycles. The highest BCUT2D eigenvalue weighted by Gasteiger charge is 2.48. The molecule has 2 fully saturated rings. The Morgan fingerprint density at radius 2 is 1.90 bits per heavy atom. The average molecular weight is 668 g/mol. The normalized spacial score (nSPS) is 17.2. The van der Waals surface area contributed by atoms with E-state index in [0.717, 1.165) is 32.4 Å². The Balaban J connectivity index is 1.30. The Labute approximate surface area is 280 Å². The van der Waals surface area contributed by atoms with E-state index in [0.29, 0.717) is 45.6 Å². The molecule has 0 unspecified atom stereocenters. The molecule has 49 heavy (non-hydrogen) atoms. The van der Waals surface area contributed by atoms with Crippen LogP contribution in [0.2, 0.25) is 0 Å². The van der Waals surface area contributed by atoms with Gasteiger partial charge in [0.2, 0.25) is 5.88 Å². The Hall–Kier alpha value is -5.31. The predicted octanol–water partition coefficient (Wildman–Crippen LogP) is 5.20. The first-order chi connectivity index (χ1) is 23.5. The van der Waals surface area contributed by atoms with Gasteiger partial charge in [0.05, 0.1) is 42.3 Å². The number of aromatic nitrogens is 4. The minimum absolute atomic E-state index is 0.0119. The second-order valence-electron chi connectivity index (χ2n) is 13.1. The van der Waals surface area contributed by atoms with Crippen LogP contribution in [0.5, 0.6) is 5.88 Å². The van der Waals surface area contributed by atoms with E-state index >= 15 is 0 Å². The summed E-state index contributed by atoms with van der Waals surface area (Å²) in [6.07, 6.45) is 0.215. The molecule has 14 heteroatoms. The predicted molar refractivity (Wildman–Crippen MR) is 172 cm³/mol. The summed E-state index contributed by atoms with van der Waals surface area (Å²) in [6, 6.07) is 14.4. The number of amides is 1. The second-order valence-corrected chi connectivity index (χ2v) is 13.1. The fraction of sp³-hybridized carbons (Fsp3) is 0.371. The van der Waals surface area contributed by atoms with Gasteiger partial charge in [-0.05, 0) is 89.9 Å². The molecule has 1 aliphatic carbocycles. The molecule has 7 rings (SSSR count). The molecule has 11 nitrogen and oxygen atoms in total. The van der Waals surface area contributed by atoms with Crippen molar-refractivity contribution >= 4 is 11.7 Å². The monoisotopic (exact) mass is 667 g/mol. The van der Waals surface area contributed by atoms with Crippen LogP contribution in [-0.2, 0) is 26.3 Å². The average Bonchev–Trinajstić information content (AvgIpc) is 3.33. The van der Waals surface area contributed by atoms with Crippen molar-refractivity contribution in [2.45, 2.75) is 51.0 Å². The first-order valence-corrected chi connectivity index (χ1v) is 15.9. The lowest BCUT2D eigenvalue weighted by atomic mass is 9.97. The van der Waals surface area contributed by atoms with E-state index in [4.69, 9.17) is 15.7 Å². The molecule has 4 aromatic rings. The number of carbonyl (C=O) groups excluding carboxylic acids is 1. The highest BCUT2D eigenvalue weighted by molar-refractivity contribution is 6.10. The number of hydrogen-bond donors (Lipinski definition) is 1. The largest absolute Gasteiger partial charge is 0.476 e. The smallest absolute Gasteiger partial charge is 0.416 e. The van der Waals surface area contributed by atoms with E-state index in [1.54, 1.807) is 48.0 Å². The van der Waals surface area contributed by atoms with Crippen LogP contribution < -0.4 is 15.4 Å². The van der Waals surface area contributed by atoms with Gasteiger partial charge in [0.15, 0.2) is 5.82 Å². The number of ether oxygens (including phenoxy) is 1. The van der Waals surface area contributed by atoms with E-state index in [-0.39, 0.29) is 42.4 Å². The van der Waals surface area contributed by atoms with Crippen molar-refractivity contribution < 1.29 is 22.7 Å². The van der Waals surface area contributed by atoms with Gasteiger partial charge in [-0.2, -0.15) is 28.7 Å². The number of benzene rings is 2. The number of likely N-dealkylation sites (tertiary alicyclic amines) is 1. The van der Waals surface area contributed by atoms with Crippen LogP contribution in [0, 0.1) is 28.1 Å². The lowest BCUT2D eigenvalue weighted by Crippen LogP contribution is -2.28. The van der Waals surface area contributed by atoms with Gasteiger partial charge >= 0.3 is 6.18 Å². The quantitative estimate of drug-likeness (QED) is 0.254. The van der Waals surface area contributed by atoms with Crippen LogP contribution in [0.4, 0.5) is 19.0 Å². The maximum Gasteiger partial charge on any atom is 0.416 e. The summed E-state index contributed by atoms with van der Waals surface area (Å²) in [5.74, 6) is -0.0260. The number of alkyl halides is 3. The number of nitrogens with zero attached hydrogens (tertiary/aromatic N) is 8. The minimum atomic E-state index is -4.68. The van der Waals surface area contributed by atoms with Gasteiger partial charge in [0.1, 0.15) is 18.8 Å². The molecule has 1 spiro atoms. The van der Waals surface area contributed by atoms with Crippen molar-refractivity contribution in [3.8, 4) is 40.5 Å². The van der Waals surface area contributed by atoms with Gasteiger partial charge in [-0.3, -0.25) is 14.6 Å². The van der Waals surface area contributed by atoms with Crippen LogP contribution in [0.25, 0.3) is 22.5 Å². The van der Waals surface area contributed by atoms with Crippen molar-refractivity contribution in [3.05, 3.63) is 76.6 Å². The van der Waals surface area contributed by atoms with E-state index in [2.05, 4.69) is 26.2 Å². The summed E-state index contributed by atoms with van der Waals surface area (Å²) in [4.78, 5) is 21.9. The summed E-state index contributed by atoms with van der Waals surface area (Å²) in [5, 5.41) is 27.0. The molecule has 1 saturated heterocycles. The highest BCUT2D eigenvalue weighted by Crippen LogP contribution is 2.53. The summed E-state index contributed by atoms with van der Waals surface area (Å²) in [7, 11) is 1.76. The lowest BCUT2D eigenvalue weighted by molar-refractivity contribution is -0.138. The van der Waals surface area contributed by atoms with E-state index in [9.17, 15) is 23.2 Å². The maximum absolute atomic E-state index is 14.5. The Morgan fingerprint density at radius 1 is 1.08 bits per heavy atom. The number of halogens is 3. The molecular formula is C35H32F3N9O2. The van der Waals surface area contributed by atoms with Crippen LogP contribution in [0.1, 0.15) is 58.3 Å². The molecule has 2 N–H and O–H groups in total. The zero-order valence-corrected chi connectivity index (χ0v) is 26.7. The van der Waals surface area contributed by atoms with Gasteiger partial charge in [0, 0.05) is 37.3 Å². The van der Waals surface area contributed by atoms with Crippen molar-refractivity contribution in [1.82, 2.24) is 24.6 Å². The fourth-order valence-corrected chi connectivity index (χ4v) is 6.81. The Kier molecular flexibility index (Phi) is 8.09. The van der Waals surface area contributed by atoms with Crippen molar-refractivity contribution in [3.63, 3.8) is 0 Å². The minimum Gasteiger partial charge on any atom is -0.476 e. The summed E-state index contributed by atoms with van der Waals surface area (Å²) < 4.78 is 51.2. The first-order valence-electron chi connectivity index (χ1n) is 15.9. The van der Waals surface area contributed by atoms with E-state index in [1.165, 1.54) is 17.3 Å². The molecule has 1 amide bonds. The third-order valence-corrected chi connectivity index (χ3v) is 9.56. The zero-order valence-electron chi connectivity index (χ0n) is 26.7. The topological polar surface area (TPSA) is 150 Å². The number of aryl methyl sites for hydroxylation is 1. The Bertz CT molecular complexity index is 2040. The zero-order chi connectivity index (χ0) is 34.5. The van der Waals surface area contributed by atoms with Gasteiger partial charge in [-0.1, -0.05) is 0 Å². The highest BCUT2D eigenvalue weighted by atomic mass is 19.4. The molecule has 1 atom stereocenters. The van der Waals surface area contributed by atoms with Gasteiger partial charge in [0.25, 0.3) is 5.91 Å². The number of fused-ring (bicyclic) bond motifs is 1. The number of nitriles is 2. The van der Waals surface area contributed by atoms with Gasteiger partial charge < -0.3 is 15.0 Å². The van der Waals surface area contributed by atoms with Crippen LogP contribution in [0.15, 0.2) is 48.8 Å². The third-order valence-electron chi connectivity index (χ3n) is 9.56. The standard InChI is InChI=1S/C35H32F3N9O2/c1-45-20-42-44-32(45)25-3-2-21(15-40)10-26(25)23-13-30(43-31(14-23)49-18-24(41)4-8-39)47-17-28-27(33(47)48)11-22(12-29(28)35(36,37)38)16-46-9-7-34(19-46)5-6-34/h2-3,10-14,20,24H,4-7,9,16-19,41H2,1H3/t24-/m0/s1. The number of pyridine rings is 1. The molecule has 250 valence electrons. The Morgan fingerprint density at radius 3 is 2.57 bits per heavy atom. The van der Waals surface area contributed by atoms with Crippen molar-refractivity contribution in [1.29, 1.82) is 10.5 Å². The van der Waals surface area contributed by atoms with Gasteiger partial charge in [-0.15, -0.1) is 10.2 Å². The van der Waals surface area contributed by atoms with Crippen LogP contribution >= 0.6 is 0 Å². The molecule has 3 aliphatic rings. The molecule has 1 saturated carbocycles. The molecule has 0 radical (unpaired) electrons. The SMILES string of the molecule is Cn1cnnc1-c1ccc(C#N)cc1-c1cc(OC[C@@H](N)CC#N)nc(N2Cc3c(cc(CN4CCC5(CC5)C4)cc3C(F)(F)F)C2=O)c1. The summed E-state index contributed by atoms with van der Waals surface area (Å²) >= 11 is 0. The van der Waals surface area contributed by atoms with Crippen molar-refractivity contribution in [2.75, 3.05) is 24.6 Å². The number of carbonyl (C=O) groups is 1. The summed E-state index contributed by atoms with van der Waals surface area (Å²) in [5.41, 5.74) is 7.75. The molecule has 2 aromatic heterocycles. The van der Waals surface area contributed by atoms with Crippen LogP contribution in [-0.4, -0.2) is 56.3 Å². The maximum atomic E-state index is 14.5. The lowest BCUT2D eigenvalue weighted by Gasteiger charge is -2.19. The number of rotatable bonds is 9. The third kappa shape index (κ3) is 6.33. The second kappa shape index (κ2) is 12.3. The number of hydrogen-bond acceptors (Lipinski definition) is 9. The van der Waals surface area contributed by atoms with Gasteiger partial charge in [-0.25, -0.2) is 0 Å². The fourth-order valence-electron chi connectivity index (χ4n) is 6.81. The molecular weight excluding hydrogens is 635 g/mol. The van der Waals surface area contributed by atoms with E-state index < -0.39 is 23.7 Å². The van der Waals surface area contributed by atoms with E-state index in [1.807, 2.05) is 6.07 Å². The molecule has 0 bridgehead atoms. The molecule has 2 aromatic carbocycles. The summed E-state index contributed by atoms with van der Waals surface area (Å²) in [6.45, 7) is 1.57. The number of nitrogens with two attached hydrogens (primary N) is 1.